The van der Waals surface area contributed by atoms with Crippen molar-refractivity contribution in [1.82, 2.24) is 14.9 Å². The van der Waals surface area contributed by atoms with E-state index < -0.39 is 34.4 Å². The maximum atomic E-state index is 12.4. The van der Waals surface area contributed by atoms with Gasteiger partial charge in [-0.2, -0.15) is 0 Å². The lowest BCUT2D eigenvalue weighted by Crippen LogP contribution is -2.50. The Morgan fingerprint density at radius 1 is 1.16 bits per heavy atom. The lowest BCUT2D eigenvalue weighted by atomic mass is 10.1. The zero-order valence-corrected chi connectivity index (χ0v) is 14.3. The van der Waals surface area contributed by atoms with Crippen molar-refractivity contribution in [3.05, 3.63) is 35.4 Å². The Labute approximate surface area is 145 Å². The molecule has 1 aliphatic carbocycles. The molecule has 0 spiro atoms. The van der Waals surface area contributed by atoms with Gasteiger partial charge < -0.3 is 5.32 Å². The predicted molar refractivity (Wildman–Crippen MR) is 89.0 cm³/mol. The maximum Gasteiger partial charge on any atom is 0.321 e. The number of nitrogens with one attached hydrogen (secondary N) is 2. The Bertz CT molecular complexity index is 815. The number of rotatable bonds is 3. The zero-order chi connectivity index (χ0) is 18.0. The highest BCUT2D eigenvalue weighted by Gasteiger charge is 2.37. The predicted octanol–water partition coefficient (Wildman–Crippen LogP) is 0.741. The molecule has 2 aliphatic rings. The summed E-state index contributed by atoms with van der Waals surface area (Å²) in [5.74, 6) is -1.95. The van der Waals surface area contributed by atoms with Gasteiger partial charge in [-0.05, 0) is 24.5 Å². The Hall–Kier alpha value is -2.42. The molecule has 1 aromatic carbocycles. The molecule has 134 valence electrons. The van der Waals surface area contributed by atoms with Crippen molar-refractivity contribution in [2.45, 2.75) is 37.5 Å². The lowest BCUT2D eigenvalue weighted by Gasteiger charge is -2.27. The number of hydrogen-bond acceptors (Lipinski definition) is 5. The van der Waals surface area contributed by atoms with E-state index in [2.05, 4.69) is 10.6 Å². The average molecular weight is 365 g/mol. The summed E-state index contributed by atoms with van der Waals surface area (Å²) in [6.07, 6.45) is 3.77. The molecule has 1 aliphatic heterocycles. The molecule has 0 atom stereocenters. The summed E-state index contributed by atoms with van der Waals surface area (Å²) in [5.41, 5.74) is 0.656. The van der Waals surface area contributed by atoms with Crippen molar-refractivity contribution in [1.29, 1.82) is 0 Å². The van der Waals surface area contributed by atoms with Gasteiger partial charge in [0.1, 0.15) is 6.54 Å². The topological polar surface area (TPSA) is 113 Å². The van der Waals surface area contributed by atoms with Crippen LogP contribution in [0.25, 0.3) is 0 Å². The largest absolute Gasteiger partial charge is 0.335 e. The number of urea groups is 1. The van der Waals surface area contributed by atoms with Gasteiger partial charge in [0, 0.05) is 11.6 Å². The third-order valence-electron chi connectivity index (χ3n) is 4.38. The lowest BCUT2D eigenvalue weighted by molar-refractivity contribution is -0.120. The van der Waals surface area contributed by atoms with Gasteiger partial charge in [0.25, 0.3) is 5.91 Å². The van der Waals surface area contributed by atoms with E-state index in [4.69, 9.17) is 0 Å². The zero-order valence-electron chi connectivity index (χ0n) is 13.5. The van der Waals surface area contributed by atoms with Crippen molar-refractivity contribution in [3.63, 3.8) is 0 Å². The Kier molecular flexibility index (Phi) is 4.76. The van der Waals surface area contributed by atoms with E-state index >= 15 is 0 Å². The third-order valence-corrected chi connectivity index (χ3v) is 6.02. The molecule has 4 amide bonds. The molecule has 0 aromatic heterocycles. The summed E-state index contributed by atoms with van der Waals surface area (Å²) in [7, 11) is -3.95. The van der Waals surface area contributed by atoms with Crippen molar-refractivity contribution in [3.8, 4) is 0 Å². The molecule has 1 heterocycles. The van der Waals surface area contributed by atoms with Crippen LogP contribution in [0.15, 0.2) is 24.3 Å². The molecule has 2 N–H and O–H groups in total. The molecule has 0 saturated heterocycles. The van der Waals surface area contributed by atoms with Crippen molar-refractivity contribution in [2.75, 3.05) is 6.54 Å². The molecule has 1 fully saturated rings. The molecule has 1 saturated carbocycles. The van der Waals surface area contributed by atoms with Crippen LogP contribution in [0, 0.1) is 0 Å². The van der Waals surface area contributed by atoms with Gasteiger partial charge in [0.05, 0.1) is 5.75 Å². The first-order valence-electron chi connectivity index (χ1n) is 8.10. The van der Waals surface area contributed by atoms with Crippen molar-refractivity contribution < 1.29 is 22.8 Å². The van der Waals surface area contributed by atoms with E-state index in [0.29, 0.717) is 9.87 Å². The van der Waals surface area contributed by atoms with Gasteiger partial charge in [0.15, 0.2) is 0 Å². The highest BCUT2D eigenvalue weighted by atomic mass is 32.2. The summed E-state index contributed by atoms with van der Waals surface area (Å²) in [6, 6.07) is 5.72. The Balaban J connectivity index is 1.66. The number of nitrogens with zero attached hydrogens (tertiary/aromatic N) is 1. The SMILES string of the molecule is O=C(CN1C(=O)c2ccccc2CS1(=O)=O)NC(=O)NC1CCCC1. The fourth-order valence-electron chi connectivity index (χ4n) is 3.15. The standard InChI is InChI=1S/C16H19N3O5S/c20-14(18-16(22)17-12-6-2-3-7-12)9-19-15(21)13-8-4-1-5-11(13)10-25(19,23)24/h1,4-5,8,12H,2-3,6-7,9-10H2,(H2,17,18,20,22). The van der Waals surface area contributed by atoms with Gasteiger partial charge >= 0.3 is 6.03 Å². The highest BCUT2D eigenvalue weighted by Crippen LogP contribution is 2.24. The van der Waals surface area contributed by atoms with E-state index in [0.717, 1.165) is 25.7 Å². The van der Waals surface area contributed by atoms with Gasteiger partial charge in [-0.3, -0.25) is 14.9 Å². The van der Waals surface area contributed by atoms with Crippen LogP contribution in [0.1, 0.15) is 41.6 Å². The summed E-state index contributed by atoms with van der Waals surface area (Å²) in [5, 5.41) is 4.76. The average Bonchev–Trinajstić information content (AvgIpc) is 3.03. The second kappa shape index (κ2) is 6.83. The van der Waals surface area contributed by atoms with E-state index in [1.54, 1.807) is 18.2 Å². The summed E-state index contributed by atoms with van der Waals surface area (Å²) in [4.78, 5) is 36.2. The van der Waals surface area contributed by atoms with Crippen LogP contribution in [0.5, 0.6) is 0 Å². The van der Waals surface area contributed by atoms with Crippen LogP contribution in [0.3, 0.4) is 0 Å². The fourth-order valence-corrected chi connectivity index (χ4v) is 4.61. The number of sulfonamides is 1. The van der Waals surface area contributed by atoms with E-state index in [9.17, 15) is 22.8 Å². The number of amides is 4. The monoisotopic (exact) mass is 365 g/mol. The quantitative estimate of drug-likeness (QED) is 0.820. The Morgan fingerprint density at radius 3 is 2.56 bits per heavy atom. The van der Waals surface area contributed by atoms with Crippen LogP contribution in [-0.2, 0) is 20.6 Å². The van der Waals surface area contributed by atoms with E-state index in [1.807, 2.05) is 0 Å². The van der Waals surface area contributed by atoms with Crippen LogP contribution in [0.4, 0.5) is 4.79 Å². The molecule has 8 nitrogen and oxygen atoms in total. The van der Waals surface area contributed by atoms with Crippen molar-refractivity contribution in [2.24, 2.45) is 0 Å². The van der Waals surface area contributed by atoms with Crippen molar-refractivity contribution >= 4 is 27.9 Å². The molecular weight excluding hydrogens is 346 g/mol. The second-order valence-electron chi connectivity index (χ2n) is 6.23. The molecule has 3 rings (SSSR count). The molecule has 9 heteroatoms. The minimum Gasteiger partial charge on any atom is -0.335 e. The van der Waals surface area contributed by atoms with Crippen LogP contribution >= 0.6 is 0 Å². The maximum absolute atomic E-state index is 12.4. The van der Waals surface area contributed by atoms with Gasteiger partial charge in [-0.15, -0.1) is 0 Å². The first-order valence-corrected chi connectivity index (χ1v) is 9.71. The summed E-state index contributed by atoms with van der Waals surface area (Å²) >= 11 is 0. The Morgan fingerprint density at radius 2 is 1.84 bits per heavy atom. The molecule has 25 heavy (non-hydrogen) atoms. The molecule has 1 aromatic rings. The highest BCUT2D eigenvalue weighted by molar-refractivity contribution is 7.89. The van der Waals surface area contributed by atoms with Crippen LogP contribution in [-0.4, -0.2) is 43.2 Å². The van der Waals surface area contributed by atoms with E-state index in [1.165, 1.54) is 6.07 Å². The number of carbonyl (C=O) groups excluding carboxylic acids is 3. The molecular formula is C16H19N3O5S. The second-order valence-corrected chi connectivity index (χ2v) is 8.12. The fraction of sp³-hybridized carbons (Fsp3) is 0.438. The van der Waals surface area contributed by atoms with E-state index in [-0.39, 0.29) is 17.4 Å². The van der Waals surface area contributed by atoms with Gasteiger partial charge in [-0.1, -0.05) is 31.0 Å². The molecule has 0 bridgehead atoms. The molecule has 0 unspecified atom stereocenters. The minimum absolute atomic E-state index is 0.0278. The molecule has 0 radical (unpaired) electrons. The van der Waals surface area contributed by atoms with Crippen LogP contribution in [0.2, 0.25) is 0 Å². The third kappa shape index (κ3) is 3.81. The summed E-state index contributed by atoms with van der Waals surface area (Å²) in [6.45, 7) is -0.715. The number of imide groups is 1. The van der Waals surface area contributed by atoms with Crippen LogP contribution < -0.4 is 10.6 Å². The normalized spacial score (nSPS) is 19.4. The summed E-state index contributed by atoms with van der Waals surface area (Å²) < 4.78 is 25.1. The van der Waals surface area contributed by atoms with Gasteiger partial charge in [-0.25, -0.2) is 17.5 Å². The first-order chi connectivity index (χ1) is 11.9. The smallest absolute Gasteiger partial charge is 0.321 e. The van der Waals surface area contributed by atoms with Gasteiger partial charge in [0.2, 0.25) is 15.9 Å². The number of benzene rings is 1. The number of carbonyl (C=O) groups is 3. The number of fused-ring (bicyclic) bond motifs is 1. The first kappa shape index (κ1) is 17.4. The number of hydrogen-bond donors (Lipinski definition) is 2. The minimum atomic E-state index is -3.95.